The minimum absolute atomic E-state index is 0. The van der Waals surface area contributed by atoms with Crippen LogP contribution in [0, 0.1) is 65.7 Å². The molecular weight excluding hydrogens is 1790 g/mol. The zero-order chi connectivity index (χ0) is 92.7. The second-order valence-electron chi connectivity index (χ2n) is 33.6. The van der Waals surface area contributed by atoms with Crippen LogP contribution in [-0.4, -0.2) is 155 Å². The normalized spacial score (nSPS) is 13.1. The number of fused-ring (bicyclic) bond motifs is 25. The molecule has 0 N–H and O–H groups in total. The first-order valence-corrected chi connectivity index (χ1v) is 44.4. The molecule has 0 amide bonds. The van der Waals surface area contributed by atoms with Gasteiger partial charge in [-0.25, -0.2) is 71.8 Å². The first kappa shape index (κ1) is 86.9. The Hall–Kier alpha value is -16.8. The average molecular weight is 1870 g/mol. The number of nitrogens with zero attached hydrogens (tertiary/aromatic N) is 30. The van der Waals surface area contributed by atoms with Gasteiger partial charge in [0.15, 0.2) is 0 Å². The highest BCUT2D eigenvalue weighted by Crippen LogP contribution is 2.40. The monoisotopic (exact) mass is 1870 g/mol. The van der Waals surface area contributed by atoms with Crippen molar-refractivity contribution in [2.45, 2.75) is 99.0 Å². The van der Waals surface area contributed by atoms with Crippen molar-refractivity contribution in [3.8, 4) is 98.1 Å². The number of aliphatic imine (C=N–C) groups is 1. The zero-order valence-electron chi connectivity index (χ0n) is 74.6. The van der Waals surface area contributed by atoms with Crippen molar-refractivity contribution in [3.05, 3.63) is 396 Å². The molecule has 0 fully saturated rings. The van der Waals surface area contributed by atoms with Crippen molar-refractivity contribution in [1.82, 2.24) is 143 Å². The maximum atomic E-state index is 13.4. The summed E-state index contributed by atoms with van der Waals surface area (Å²) in [5, 5.41) is 52.5. The molecule has 36 heteroatoms. The molecule has 1 atom stereocenters. The van der Waals surface area contributed by atoms with Crippen LogP contribution in [0.4, 0.5) is 8.78 Å². The third-order valence-corrected chi connectivity index (χ3v) is 25.2. The number of aromatic nitrogens is 29. The lowest BCUT2D eigenvalue weighted by Gasteiger charge is -2.12. The highest BCUT2D eigenvalue weighted by atomic mass is 35.5. The predicted octanol–water partition coefficient (Wildman–Crippen LogP) is 16.3. The molecule has 26 rings (SSSR count). The van der Waals surface area contributed by atoms with Gasteiger partial charge in [0.05, 0.1) is 174 Å². The van der Waals surface area contributed by atoms with E-state index in [0.29, 0.717) is 65.3 Å². The van der Waals surface area contributed by atoms with Gasteiger partial charge in [-0.05, 0) is 184 Å². The van der Waals surface area contributed by atoms with Gasteiger partial charge in [0.2, 0.25) is 5.90 Å². The number of hydrogen-bond donors (Lipinski definition) is 0. The number of alkyl halides is 2. The second-order valence-corrected chi connectivity index (χ2v) is 34.5. The minimum Gasteiger partial charge on any atom is -0.466 e. The van der Waals surface area contributed by atoms with Gasteiger partial charge in [-0.15, -0.1) is 37.0 Å². The Bertz CT molecular complexity index is 8210. The maximum Gasteiger partial charge on any atom is 0.272 e. The number of hydrogen-bond acceptors (Lipinski definition) is 20. The van der Waals surface area contributed by atoms with Gasteiger partial charge in [0.1, 0.15) is 65.6 Å². The SMILES string of the molecule is C#Cc1ncn2c1Cc1c(C)nnn1-c1ccccc1-2.CC(F)(F)c1ccc(C#Cc2ncn3c2Cc2cnnn2-c2cc(Cl)ccc2-3)nc1.Cc1ccc([C@H]2CN=C(c3ncn4c3Cc3cnnn3-c3cc(Cl)ccc3-4)O2)cc1.Cc1ccc2c(c1)-n1nnc(Cc3ccccc3C)c1Cc1c(C)ncn1-2.Cc1ccc2c(c1)-n1nncc1Cc1c(-c3cn(-c4ccccc4)nn3)ncn1-2.S. The molecule has 0 saturated heterocycles. The smallest absolute Gasteiger partial charge is 0.272 e. The third kappa shape index (κ3) is 16.3. The summed E-state index contributed by atoms with van der Waals surface area (Å²) < 4.78 is 54.4. The molecular formula is C101H80Cl2F2N30OS. The number of imidazole rings is 5. The molecule has 0 aliphatic carbocycles. The van der Waals surface area contributed by atoms with E-state index < -0.39 is 5.92 Å². The van der Waals surface area contributed by atoms with Gasteiger partial charge < -0.3 is 9.30 Å². The van der Waals surface area contributed by atoms with Crippen molar-refractivity contribution in [2.75, 3.05) is 6.54 Å². The fourth-order valence-electron chi connectivity index (χ4n) is 17.7. The van der Waals surface area contributed by atoms with Crippen LogP contribution in [0.5, 0.6) is 0 Å². The lowest BCUT2D eigenvalue weighted by atomic mass is 10.0. The molecule has 0 radical (unpaired) electrons. The summed E-state index contributed by atoms with van der Waals surface area (Å²) in [7, 11) is 0. The predicted molar refractivity (Wildman–Crippen MR) is 514 cm³/mol. The number of halogens is 4. The zero-order valence-corrected chi connectivity index (χ0v) is 77.1. The highest BCUT2D eigenvalue weighted by Gasteiger charge is 2.34. The molecule has 18 heterocycles. The van der Waals surface area contributed by atoms with Crippen LogP contribution < -0.4 is 0 Å². The Morgan fingerprint density at radius 1 is 0.431 bits per heavy atom. The molecule has 0 unspecified atom stereocenters. The summed E-state index contributed by atoms with van der Waals surface area (Å²) in [6, 6.07) is 61.6. The second kappa shape index (κ2) is 35.6. The Labute approximate surface area is 798 Å². The summed E-state index contributed by atoms with van der Waals surface area (Å²) in [5.41, 5.74) is 34.8. The molecule has 6 aliphatic heterocycles. The van der Waals surface area contributed by atoms with Gasteiger partial charge in [0, 0.05) is 67.3 Å². The lowest BCUT2D eigenvalue weighted by Crippen LogP contribution is -2.10. The van der Waals surface area contributed by atoms with Crippen molar-refractivity contribution in [1.29, 1.82) is 0 Å². The Kier molecular flexibility index (Phi) is 22.6. The van der Waals surface area contributed by atoms with Crippen LogP contribution in [0.3, 0.4) is 0 Å². The van der Waals surface area contributed by atoms with E-state index in [2.05, 4.69) is 243 Å². The fourth-order valence-corrected chi connectivity index (χ4v) is 18.0. The Morgan fingerprint density at radius 3 is 1.58 bits per heavy atom. The van der Waals surface area contributed by atoms with E-state index in [1.165, 1.54) is 45.6 Å². The van der Waals surface area contributed by atoms with E-state index in [1.807, 2.05) is 145 Å². The summed E-state index contributed by atoms with van der Waals surface area (Å²) in [6.45, 7) is 13.8. The average Bonchev–Trinajstić information content (AvgIpc) is 2.22. The number of terminal acetylenes is 1. The number of ether oxygens (including phenoxy) is 1. The molecule has 8 aromatic carbocycles. The lowest BCUT2D eigenvalue weighted by molar-refractivity contribution is 0.0171. The highest BCUT2D eigenvalue weighted by molar-refractivity contribution is 7.59. The number of rotatable bonds is 7. The molecule has 12 aromatic heterocycles. The first-order chi connectivity index (χ1) is 66.3. The topological polar surface area (TPSA) is 308 Å². The number of para-hydroxylation sites is 3. The van der Waals surface area contributed by atoms with E-state index >= 15 is 0 Å². The van der Waals surface area contributed by atoms with Gasteiger partial charge >= 0.3 is 0 Å². The fraction of sp³-hybridized carbons (Fsp3) is 0.158. The molecule has 674 valence electrons. The van der Waals surface area contributed by atoms with Gasteiger partial charge in [-0.2, -0.15) is 13.5 Å². The largest absolute Gasteiger partial charge is 0.466 e. The summed E-state index contributed by atoms with van der Waals surface area (Å²) >= 11 is 12.4. The third-order valence-electron chi connectivity index (χ3n) is 24.8. The molecule has 0 saturated carbocycles. The molecule has 31 nitrogen and oxygen atoms in total. The molecule has 20 aromatic rings. The standard InChI is InChI=1S/C22H17ClN6O.C22H21N5.C21H13ClF2N6.C21H16N8.C15H11N5.H2S/c1-13-2-4-14(5-3-13)20-11-24-22(30-20)21-19-9-16-10-26-27-29(16)18-8-15(23)6-7-17(18)28(19)12-25-21;1-14-8-9-19-22(10-14)27-21(12-20-16(3)23-13-26(19)20)18(24-25-27)11-17-7-5-4-6-15(17)2;1-21(23,24)13-2-4-15(25-10-13)5-6-17-19-9-16-11-27-28-30(16)20-8-14(22)3-7-18(20)29(19)12-26-17;1-14-7-8-18-19(9-14)29-16(11-23-25-29)10-20-21(22-13-27(18)20)17-12-28(26-24-17)15-5-3-2-4-6-15;1-3-11-15-8-14-10(2)17-18-20(14)13-7-5-4-6-12(13)19(15)9-16-11;/h2-8,10,12,20H,9,11H2,1H3;4-10,13H,11-12H2,1-3H3;2-4,7-8,10-12H,9H2,1H3;2-9,11-13H,10H2,1H3;1,4-7,9H,8H2,2H3;1H2/t20-;;;;;/m1...../s1. The van der Waals surface area contributed by atoms with E-state index in [4.69, 9.17) is 39.3 Å². The summed E-state index contributed by atoms with van der Waals surface area (Å²) in [5.74, 6) is 6.21. The molecule has 137 heavy (non-hydrogen) atoms. The van der Waals surface area contributed by atoms with Crippen LogP contribution in [-0.2, 0) is 49.2 Å². The first-order valence-electron chi connectivity index (χ1n) is 43.6. The van der Waals surface area contributed by atoms with Crippen molar-refractivity contribution in [3.63, 3.8) is 0 Å². The van der Waals surface area contributed by atoms with Crippen LogP contribution >= 0.6 is 36.7 Å². The van der Waals surface area contributed by atoms with Crippen molar-refractivity contribution in [2.24, 2.45) is 4.99 Å². The van der Waals surface area contributed by atoms with Crippen LogP contribution in [0.25, 0.3) is 73.9 Å². The van der Waals surface area contributed by atoms with Crippen LogP contribution in [0.15, 0.2) is 256 Å². The Morgan fingerprint density at radius 2 is 0.949 bits per heavy atom. The van der Waals surface area contributed by atoms with Gasteiger partial charge in [-0.1, -0.05) is 151 Å². The van der Waals surface area contributed by atoms with Gasteiger partial charge in [0.25, 0.3) is 5.92 Å². The van der Waals surface area contributed by atoms with E-state index in [1.54, 1.807) is 46.7 Å². The van der Waals surface area contributed by atoms with Crippen molar-refractivity contribution >= 4 is 42.6 Å². The number of aryl methyl sites for hydroxylation is 6. The number of pyridine rings is 1. The molecule has 0 bridgehead atoms. The quantitative estimate of drug-likeness (QED) is 0.134. The number of benzene rings is 8. The maximum absolute atomic E-state index is 13.4. The van der Waals surface area contributed by atoms with Crippen LogP contribution in [0.1, 0.15) is 149 Å². The van der Waals surface area contributed by atoms with E-state index in [0.717, 1.165) is 179 Å². The van der Waals surface area contributed by atoms with Gasteiger partial charge in [-0.3, -0.25) is 18.3 Å². The van der Waals surface area contributed by atoms with E-state index in [-0.39, 0.29) is 25.2 Å². The molecule has 6 aliphatic rings. The summed E-state index contributed by atoms with van der Waals surface area (Å²) in [6.07, 6.45) is 26.8. The van der Waals surface area contributed by atoms with Crippen LogP contribution in [0.2, 0.25) is 10.0 Å². The Balaban J connectivity index is 0.000000103. The van der Waals surface area contributed by atoms with E-state index in [9.17, 15) is 8.78 Å². The molecule has 0 spiro atoms. The minimum atomic E-state index is -2.94. The van der Waals surface area contributed by atoms with Crippen molar-refractivity contribution < 1.29 is 13.5 Å². The summed E-state index contributed by atoms with van der Waals surface area (Å²) in [4.78, 5) is 31.4.